The summed E-state index contributed by atoms with van der Waals surface area (Å²) in [6.07, 6.45) is 1.87. The van der Waals surface area contributed by atoms with E-state index in [-0.39, 0.29) is 0 Å². The van der Waals surface area contributed by atoms with Gasteiger partial charge in [0.25, 0.3) is 0 Å². The van der Waals surface area contributed by atoms with E-state index in [4.69, 9.17) is 4.74 Å². The molecule has 0 atom stereocenters. The van der Waals surface area contributed by atoms with Crippen molar-refractivity contribution in [3.8, 4) is 33.9 Å². The van der Waals surface area contributed by atoms with Crippen LogP contribution in [0.15, 0.2) is 109 Å². The van der Waals surface area contributed by atoms with Gasteiger partial charge in [-0.3, -0.25) is 0 Å². The molecule has 144 valence electrons. The first-order chi connectivity index (χ1) is 14.7. The summed E-state index contributed by atoms with van der Waals surface area (Å²) in [6, 6.07) is 35.4. The van der Waals surface area contributed by atoms with Crippen LogP contribution in [-0.4, -0.2) is 4.98 Å². The molecular formula is C28H21NO. The first-order valence-corrected chi connectivity index (χ1v) is 10.0. The third kappa shape index (κ3) is 3.81. The average Bonchev–Trinajstić information content (AvgIpc) is 2.79. The second-order valence-electron chi connectivity index (χ2n) is 7.45. The van der Waals surface area contributed by atoms with E-state index < -0.39 is 0 Å². The van der Waals surface area contributed by atoms with Crippen molar-refractivity contribution in [2.24, 2.45) is 0 Å². The molecule has 0 aliphatic heterocycles. The highest BCUT2D eigenvalue weighted by Gasteiger charge is 2.06. The van der Waals surface area contributed by atoms with Crippen molar-refractivity contribution in [1.29, 1.82) is 0 Å². The Balaban J connectivity index is 1.49. The lowest BCUT2D eigenvalue weighted by molar-refractivity contribution is 0.464. The van der Waals surface area contributed by atoms with Crippen molar-refractivity contribution in [2.75, 3.05) is 0 Å². The average molecular weight is 387 g/mol. The molecular weight excluding hydrogens is 366 g/mol. The van der Waals surface area contributed by atoms with Crippen LogP contribution in [0.5, 0.6) is 11.6 Å². The quantitative estimate of drug-likeness (QED) is 0.316. The van der Waals surface area contributed by atoms with E-state index in [1.165, 1.54) is 16.7 Å². The minimum atomic E-state index is 0.595. The molecule has 30 heavy (non-hydrogen) atoms. The smallest absolute Gasteiger partial charge is 0.219 e. The molecule has 0 aliphatic carbocycles. The molecule has 5 rings (SSSR count). The van der Waals surface area contributed by atoms with Crippen LogP contribution in [0.4, 0.5) is 0 Å². The molecule has 0 bridgehead atoms. The lowest BCUT2D eigenvalue weighted by atomic mass is 10.0. The highest BCUT2D eigenvalue weighted by atomic mass is 16.5. The Morgan fingerprint density at radius 2 is 1.27 bits per heavy atom. The SMILES string of the molecule is Cc1cc(Oc2cc3cc(-c4ccccc4)ccc3cn2)cc(-c2ccccc2)c1. The highest BCUT2D eigenvalue weighted by Crippen LogP contribution is 2.30. The number of pyridine rings is 1. The van der Waals surface area contributed by atoms with Gasteiger partial charge in [-0.05, 0) is 58.3 Å². The van der Waals surface area contributed by atoms with E-state index in [9.17, 15) is 0 Å². The van der Waals surface area contributed by atoms with Crippen LogP contribution in [0.1, 0.15) is 5.56 Å². The van der Waals surface area contributed by atoms with E-state index in [2.05, 4.69) is 78.6 Å². The van der Waals surface area contributed by atoms with Crippen LogP contribution in [0.2, 0.25) is 0 Å². The number of aryl methyl sites for hydroxylation is 1. The lowest BCUT2D eigenvalue weighted by Crippen LogP contribution is -1.90. The minimum absolute atomic E-state index is 0.595. The molecule has 2 nitrogen and oxygen atoms in total. The van der Waals surface area contributed by atoms with Gasteiger partial charge in [0, 0.05) is 17.6 Å². The first-order valence-electron chi connectivity index (χ1n) is 10.0. The largest absolute Gasteiger partial charge is 0.439 e. The Kier molecular flexibility index (Phi) is 4.74. The minimum Gasteiger partial charge on any atom is -0.439 e. The molecule has 0 saturated carbocycles. The summed E-state index contributed by atoms with van der Waals surface area (Å²) in [4.78, 5) is 4.51. The fraction of sp³-hybridized carbons (Fsp3) is 0.0357. The predicted molar refractivity (Wildman–Crippen MR) is 124 cm³/mol. The summed E-state index contributed by atoms with van der Waals surface area (Å²) in [5.74, 6) is 1.39. The molecule has 5 aromatic rings. The molecule has 0 fully saturated rings. The van der Waals surface area contributed by atoms with Gasteiger partial charge in [-0.25, -0.2) is 4.98 Å². The van der Waals surface area contributed by atoms with Gasteiger partial charge in [-0.1, -0.05) is 78.9 Å². The Morgan fingerprint density at radius 3 is 2.00 bits per heavy atom. The molecule has 4 aromatic carbocycles. The van der Waals surface area contributed by atoms with Crippen molar-refractivity contribution >= 4 is 10.8 Å². The van der Waals surface area contributed by atoms with Crippen LogP contribution in [0.3, 0.4) is 0 Å². The van der Waals surface area contributed by atoms with Crippen LogP contribution in [-0.2, 0) is 0 Å². The van der Waals surface area contributed by atoms with Gasteiger partial charge in [0.2, 0.25) is 5.88 Å². The molecule has 0 aliphatic rings. The second-order valence-corrected chi connectivity index (χ2v) is 7.45. The van der Waals surface area contributed by atoms with Gasteiger partial charge in [0.1, 0.15) is 5.75 Å². The van der Waals surface area contributed by atoms with E-state index >= 15 is 0 Å². The summed E-state index contributed by atoms with van der Waals surface area (Å²) in [6.45, 7) is 2.08. The third-order valence-corrected chi connectivity index (χ3v) is 5.18. The van der Waals surface area contributed by atoms with Crippen LogP contribution in [0.25, 0.3) is 33.0 Å². The van der Waals surface area contributed by atoms with Crippen molar-refractivity contribution in [3.05, 3.63) is 115 Å². The molecule has 0 saturated heterocycles. The van der Waals surface area contributed by atoms with E-state index in [0.717, 1.165) is 27.6 Å². The van der Waals surface area contributed by atoms with E-state index in [1.54, 1.807) is 0 Å². The maximum absolute atomic E-state index is 6.16. The number of aromatic nitrogens is 1. The molecule has 1 heterocycles. The number of hydrogen-bond acceptors (Lipinski definition) is 2. The third-order valence-electron chi connectivity index (χ3n) is 5.18. The van der Waals surface area contributed by atoms with Crippen LogP contribution < -0.4 is 4.74 Å². The second kappa shape index (κ2) is 7.84. The summed E-state index contributed by atoms with van der Waals surface area (Å²) in [5.41, 5.74) is 5.84. The Hall–Kier alpha value is -3.91. The van der Waals surface area contributed by atoms with Crippen LogP contribution >= 0.6 is 0 Å². The van der Waals surface area contributed by atoms with Gasteiger partial charge in [-0.15, -0.1) is 0 Å². The highest BCUT2D eigenvalue weighted by molar-refractivity contribution is 5.87. The number of fused-ring (bicyclic) bond motifs is 1. The van der Waals surface area contributed by atoms with Crippen molar-refractivity contribution in [3.63, 3.8) is 0 Å². The van der Waals surface area contributed by atoms with Crippen molar-refractivity contribution in [2.45, 2.75) is 6.92 Å². The van der Waals surface area contributed by atoms with Gasteiger partial charge in [0.05, 0.1) is 0 Å². The molecule has 0 amide bonds. The summed E-state index contributed by atoms with van der Waals surface area (Å²) >= 11 is 0. The molecule has 0 N–H and O–H groups in total. The fourth-order valence-corrected chi connectivity index (χ4v) is 3.71. The Labute approximate surface area is 176 Å². The maximum Gasteiger partial charge on any atom is 0.219 e. The zero-order chi connectivity index (χ0) is 20.3. The number of benzene rings is 4. The molecule has 0 unspecified atom stereocenters. The number of nitrogens with zero attached hydrogens (tertiary/aromatic N) is 1. The molecule has 0 spiro atoms. The topological polar surface area (TPSA) is 22.1 Å². The predicted octanol–water partition coefficient (Wildman–Crippen LogP) is 7.67. The molecule has 1 aromatic heterocycles. The number of hydrogen-bond donors (Lipinski definition) is 0. The number of ether oxygens (including phenoxy) is 1. The van der Waals surface area contributed by atoms with Crippen LogP contribution in [0, 0.1) is 6.92 Å². The lowest BCUT2D eigenvalue weighted by Gasteiger charge is -2.10. The Bertz CT molecular complexity index is 1310. The Morgan fingerprint density at radius 1 is 0.567 bits per heavy atom. The fourth-order valence-electron chi connectivity index (χ4n) is 3.71. The van der Waals surface area contributed by atoms with Gasteiger partial charge in [0.15, 0.2) is 0 Å². The first kappa shape index (κ1) is 18.1. The summed E-state index contributed by atoms with van der Waals surface area (Å²) in [5, 5.41) is 2.20. The van der Waals surface area contributed by atoms with E-state index in [1.807, 2.05) is 42.6 Å². The zero-order valence-electron chi connectivity index (χ0n) is 16.7. The zero-order valence-corrected chi connectivity index (χ0v) is 16.7. The molecule has 2 heteroatoms. The summed E-state index contributed by atoms with van der Waals surface area (Å²) < 4.78 is 6.16. The van der Waals surface area contributed by atoms with Gasteiger partial charge < -0.3 is 4.74 Å². The normalized spacial score (nSPS) is 10.8. The van der Waals surface area contributed by atoms with Gasteiger partial charge >= 0.3 is 0 Å². The number of rotatable bonds is 4. The monoisotopic (exact) mass is 387 g/mol. The van der Waals surface area contributed by atoms with E-state index in [0.29, 0.717) is 5.88 Å². The summed E-state index contributed by atoms with van der Waals surface area (Å²) in [7, 11) is 0. The van der Waals surface area contributed by atoms with Crippen molar-refractivity contribution in [1.82, 2.24) is 4.98 Å². The molecule has 0 radical (unpaired) electrons. The van der Waals surface area contributed by atoms with Crippen molar-refractivity contribution < 1.29 is 4.74 Å². The maximum atomic E-state index is 6.16. The van der Waals surface area contributed by atoms with Gasteiger partial charge in [-0.2, -0.15) is 0 Å². The standard InChI is InChI=1S/C28H21NO/c1-20-14-25(22-10-6-3-7-11-22)17-27(15-20)30-28-18-26-16-23(12-13-24(26)19-29-28)21-8-4-2-5-9-21/h2-19H,1H3.